The zero-order chi connectivity index (χ0) is 28.5. The van der Waals surface area contributed by atoms with Crippen molar-refractivity contribution < 1.29 is 5.11 Å². The number of nitrogens with one attached hydrogen (secondary N) is 8. The van der Waals surface area contributed by atoms with E-state index in [9.17, 15) is 5.11 Å². The van der Waals surface area contributed by atoms with Crippen molar-refractivity contribution in [3.05, 3.63) is 0 Å². The summed E-state index contributed by atoms with van der Waals surface area (Å²) in [6, 6.07) is 0. The SMILES string of the molecule is OCCC1CCCC2C3NC4NC(NC5NC(NC6NC(NC(N3)C12)C1CCCCC61)C1CCCCC51)C1CCCCC41. The molecule has 0 radical (unpaired) electrons. The molecule has 0 aromatic rings. The zero-order valence-electron chi connectivity index (χ0n) is 26.3. The van der Waals surface area contributed by atoms with Crippen LogP contribution in [-0.4, -0.2) is 61.0 Å². The van der Waals surface area contributed by atoms with Crippen LogP contribution >= 0.6 is 0 Å². The van der Waals surface area contributed by atoms with Gasteiger partial charge in [0.1, 0.15) is 0 Å². The largest absolute Gasteiger partial charge is 0.396 e. The molecule has 17 unspecified atom stereocenters. The standard InChI is InChI=1S/C34H60N8O/c43-17-16-18-8-7-15-25-26(18)34-41-32-24-14-6-5-13-23(24)30(39-32)37-28-20-10-2-1-9-19(20)27(35-28)36-29-21-11-3-4-12-22(21)31(38-29)40-33(25)42-34/h18-43H,1-17H2. The van der Waals surface area contributed by atoms with Crippen LogP contribution in [0.1, 0.15) is 103 Å². The fraction of sp³-hybridized carbons (Fsp3) is 1.00. The van der Waals surface area contributed by atoms with Crippen LogP contribution in [0.2, 0.25) is 0 Å². The summed E-state index contributed by atoms with van der Waals surface area (Å²) in [6.45, 7) is 0.316. The predicted molar refractivity (Wildman–Crippen MR) is 168 cm³/mol. The molecule has 9 aliphatic rings. The smallest absolute Gasteiger partial charge is 0.0631 e. The highest BCUT2D eigenvalue weighted by Crippen LogP contribution is 2.47. The van der Waals surface area contributed by atoms with Gasteiger partial charge in [-0.05, 0) is 111 Å². The lowest BCUT2D eigenvalue weighted by molar-refractivity contribution is 0.101. The Morgan fingerprint density at radius 1 is 0.349 bits per heavy atom. The molecule has 9 nitrogen and oxygen atoms in total. The first-order chi connectivity index (χ1) is 21.2. The number of hydrogen-bond donors (Lipinski definition) is 9. The molecular weight excluding hydrogens is 536 g/mol. The lowest BCUT2D eigenvalue weighted by Crippen LogP contribution is -2.61. The summed E-state index contributed by atoms with van der Waals surface area (Å²) in [4.78, 5) is 0. The first-order valence-corrected chi connectivity index (χ1v) is 18.9. The van der Waals surface area contributed by atoms with E-state index in [1.54, 1.807) is 0 Å². The minimum atomic E-state index is 0.292. The third-order valence-electron chi connectivity index (χ3n) is 14.5. The van der Waals surface area contributed by atoms with Crippen LogP contribution < -0.4 is 42.5 Å². The van der Waals surface area contributed by atoms with Crippen molar-refractivity contribution in [3.63, 3.8) is 0 Å². The van der Waals surface area contributed by atoms with Gasteiger partial charge in [0.2, 0.25) is 0 Å². The Balaban J connectivity index is 1.06. The Hall–Kier alpha value is -0.360. The van der Waals surface area contributed by atoms with Gasteiger partial charge in [-0.3, -0.25) is 42.5 Å². The third-order valence-corrected chi connectivity index (χ3v) is 14.5. The molecule has 5 aliphatic heterocycles. The van der Waals surface area contributed by atoms with E-state index >= 15 is 0 Å². The van der Waals surface area contributed by atoms with Gasteiger partial charge in [0.15, 0.2) is 0 Å². The van der Waals surface area contributed by atoms with Crippen LogP contribution in [0.5, 0.6) is 0 Å². The average Bonchev–Trinajstić information content (AvgIpc) is 3.77. The van der Waals surface area contributed by atoms with E-state index in [1.165, 1.54) is 96.3 Å². The second-order valence-corrected chi connectivity index (χ2v) is 16.4. The fourth-order valence-corrected chi connectivity index (χ4v) is 12.7. The van der Waals surface area contributed by atoms with Crippen LogP contribution in [0.25, 0.3) is 0 Å². The molecule has 0 spiro atoms. The number of fused-ring (bicyclic) bond motifs is 20. The maximum absolute atomic E-state index is 10.1. The molecule has 9 N–H and O–H groups in total. The molecule has 4 aliphatic carbocycles. The molecule has 0 aromatic heterocycles. The minimum Gasteiger partial charge on any atom is -0.396 e. The Labute approximate surface area is 259 Å². The summed E-state index contributed by atoms with van der Waals surface area (Å²) >= 11 is 0. The normalized spacial score (nSPS) is 56.2. The quantitative estimate of drug-likeness (QED) is 0.237. The highest BCUT2D eigenvalue weighted by atomic mass is 16.3. The molecule has 0 aromatic carbocycles. The van der Waals surface area contributed by atoms with E-state index in [1.807, 2.05) is 0 Å². The molecule has 9 fully saturated rings. The van der Waals surface area contributed by atoms with Gasteiger partial charge < -0.3 is 5.11 Å². The first-order valence-electron chi connectivity index (χ1n) is 18.9. The molecule has 0 amide bonds. The van der Waals surface area contributed by atoms with Gasteiger partial charge in [-0.15, -0.1) is 0 Å². The van der Waals surface area contributed by atoms with Crippen molar-refractivity contribution in [2.45, 2.75) is 152 Å². The van der Waals surface area contributed by atoms with Crippen LogP contribution in [-0.2, 0) is 0 Å². The van der Waals surface area contributed by atoms with E-state index < -0.39 is 0 Å². The van der Waals surface area contributed by atoms with Gasteiger partial charge in [-0.1, -0.05) is 44.9 Å². The lowest BCUT2D eigenvalue weighted by atomic mass is 9.70. The highest BCUT2D eigenvalue weighted by molar-refractivity contribution is 5.09. The van der Waals surface area contributed by atoms with E-state index in [-0.39, 0.29) is 0 Å². The van der Waals surface area contributed by atoms with Crippen LogP contribution in [0.3, 0.4) is 0 Å². The summed E-state index contributed by atoms with van der Waals surface area (Å²) in [7, 11) is 0. The molecule has 17 atom stereocenters. The van der Waals surface area contributed by atoms with Gasteiger partial charge in [0, 0.05) is 6.61 Å². The number of aliphatic hydroxyl groups excluding tert-OH is 1. The first kappa shape index (κ1) is 28.8. The van der Waals surface area contributed by atoms with Crippen molar-refractivity contribution in [2.24, 2.45) is 53.3 Å². The fourth-order valence-electron chi connectivity index (χ4n) is 12.7. The minimum absolute atomic E-state index is 0.292. The molecule has 5 heterocycles. The Kier molecular flexibility index (Phi) is 8.06. The molecule has 8 bridgehead atoms. The van der Waals surface area contributed by atoms with Crippen molar-refractivity contribution in [3.8, 4) is 0 Å². The monoisotopic (exact) mass is 596 g/mol. The zero-order valence-corrected chi connectivity index (χ0v) is 26.3. The van der Waals surface area contributed by atoms with E-state index in [0.29, 0.717) is 97.4 Å². The maximum atomic E-state index is 10.1. The average molecular weight is 597 g/mol. The van der Waals surface area contributed by atoms with Crippen molar-refractivity contribution in [1.29, 1.82) is 0 Å². The van der Waals surface area contributed by atoms with Gasteiger partial charge in [0.05, 0.1) is 49.3 Å². The van der Waals surface area contributed by atoms with Gasteiger partial charge >= 0.3 is 0 Å². The van der Waals surface area contributed by atoms with Crippen LogP contribution in [0.15, 0.2) is 0 Å². The summed E-state index contributed by atoms with van der Waals surface area (Å²) in [5.41, 5.74) is 0. The van der Waals surface area contributed by atoms with Crippen molar-refractivity contribution in [1.82, 2.24) is 42.5 Å². The van der Waals surface area contributed by atoms with E-state index in [0.717, 1.165) is 18.3 Å². The Morgan fingerprint density at radius 2 is 0.651 bits per heavy atom. The van der Waals surface area contributed by atoms with Crippen LogP contribution in [0.4, 0.5) is 0 Å². The van der Waals surface area contributed by atoms with Gasteiger partial charge in [0.25, 0.3) is 0 Å². The van der Waals surface area contributed by atoms with Gasteiger partial charge in [-0.2, -0.15) is 0 Å². The third kappa shape index (κ3) is 5.07. The Bertz CT molecular complexity index is 982. The lowest BCUT2D eigenvalue weighted by Gasteiger charge is -2.39. The number of aliphatic hydroxyl groups is 1. The maximum Gasteiger partial charge on any atom is 0.0631 e. The molecule has 242 valence electrons. The molecule has 5 saturated heterocycles. The van der Waals surface area contributed by atoms with Crippen molar-refractivity contribution in [2.75, 3.05) is 6.61 Å². The summed E-state index contributed by atoms with van der Waals surface area (Å²) < 4.78 is 0. The van der Waals surface area contributed by atoms with E-state index in [2.05, 4.69) is 42.5 Å². The van der Waals surface area contributed by atoms with Gasteiger partial charge in [-0.25, -0.2) is 0 Å². The van der Waals surface area contributed by atoms with E-state index in [4.69, 9.17) is 0 Å². The second-order valence-electron chi connectivity index (χ2n) is 16.4. The summed E-state index contributed by atoms with van der Waals surface area (Å²) in [5, 5.41) is 43.9. The Morgan fingerprint density at radius 3 is 1.00 bits per heavy atom. The molecule has 9 rings (SSSR count). The second kappa shape index (κ2) is 12.0. The molecule has 4 saturated carbocycles. The highest BCUT2D eigenvalue weighted by Gasteiger charge is 2.55. The van der Waals surface area contributed by atoms with Crippen molar-refractivity contribution >= 4 is 0 Å². The number of rotatable bonds is 2. The van der Waals surface area contributed by atoms with Crippen LogP contribution in [0, 0.1) is 53.3 Å². The number of hydrogen-bond acceptors (Lipinski definition) is 9. The molecule has 43 heavy (non-hydrogen) atoms. The topological polar surface area (TPSA) is 116 Å². The summed E-state index contributed by atoms with van der Waals surface area (Å²) in [5.74, 6) is 6.01. The summed E-state index contributed by atoms with van der Waals surface area (Å²) in [6.07, 6.45) is 24.0. The molecular formula is C34H60N8O. The molecule has 9 heteroatoms. The predicted octanol–water partition coefficient (Wildman–Crippen LogP) is 2.21.